The van der Waals surface area contributed by atoms with E-state index in [1.54, 1.807) is 7.11 Å². The first kappa shape index (κ1) is 20.8. The molecule has 0 amide bonds. The first-order valence-corrected chi connectivity index (χ1v) is 11.6. The van der Waals surface area contributed by atoms with E-state index in [0.717, 1.165) is 29.3 Å². The number of allylic oxidation sites excluding steroid dienone is 1. The van der Waals surface area contributed by atoms with Crippen LogP contribution in [0.2, 0.25) is 0 Å². The SMILES string of the molecule is CCCCC1CCCCCCc2cc1c(/C=C1/N=C(c3ccc[nH]3)C=C1OC)n2C. The molecule has 1 atom stereocenters. The Hall–Kier alpha value is -2.49. The van der Waals surface area contributed by atoms with Crippen molar-refractivity contribution in [1.82, 2.24) is 9.55 Å². The summed E-state index contributed by atoms with van der Waals surface area (Å²) in [4.78, 5) is 8.16. The Balaban J connectivity index is 1.76. The number of hydrogen-bond donors (Lipinski definition) is 1. The number of aromatic amines is 1. The number of H-pyrrole nitrogens is 1. The molecule has 1 aliphatic carbocycles. The Labute approximate surface area is 180 Å². The van der Waals surface area contributed by atoms with Gasteiger partial charge in [-0.15, -0.1) is 0 Å². The second-order valence-corrected chi connectivity index (χ2v) is 8.65. The highest BCUT2D eigenvalue weighted by atomic mass is 16.5. The first-order chi connectivity index (χ1) is 14.7. The summed E-state index contributed by atoms with van der Waals surface area (Å²) in [6.45, 7) is 2.30. The van der Waals surface area contributed by atoms with Crippen molar-refractivity contribution in [2.45, 2.75) is 70.6 Å². The fraction of sp³-hybridized carbons (Fsp3) is 0.500. The second kappa shape index (κ2) is 9.55. The molecule has 3 heterocycles. The van der Waals surface area contributed by atoms with Crippen molar-refractivity contribution in [2.75, 3.05) is 7.11 Å². The predicted octanol–water partition coefficient (Wildman–Crippen LogP) is 6.51. The van der Waals surface area contributed by atoms with Crippen LogP contribution in [0.3, 0.4) is 0 Å². The zero-order chi connectivity index (χ0) is 20.9. The number of aryl methyl sites for hydroxylation is 1. The lowest BCUT2D eigenvalue weighted by Gasteiger charge is -2.18. The highest BCUT2D eigenvalue weighted by molar-refractivity contribution is 6.11. The van der Waals surface area contributed by atoms with E-state index in [-0.39, 0.29) is 0 Å². The number of fused-ring (bicyclic) bond motifs is 2. The molecule has 4 rings (SSSR count). The van der Waals surface area contributed by atoms with E-state index in [4.69, 9.17) is 9.73 Å². The lowest BCUT2D eigenvalue weighted by molar-refractivity contribution is 0.303. The van der Waals surface area contributed by atoms with Gasteiger partial charge in [-0.25, -0.2) is 4.99 Å². The van der Waals surface area contributed by atoms with E-state index in [1.807, 2.05) is 24.4 Å². The van der Waals surface area contributed by atoms with Gasteiger partial charge in [-0.1, -0.05) is 39.0 Å². The molecular formula is C26H35N3O. The Morgan fingerprint density at radius 1 is 1.27 bits per heavy atom. The largest absolute Gasteiger partial charge is 0.494 e. The molecule has 4 heteroatoms. The third kappa shape index (κ3) is 4.33. The standard InChI is InChI=1S/C26H35N3O/c1-4-5-11-19-12-8-6-7-9-13-20-16-21(19)25(29(20)2)17-24-26(30-3)18-23(28-24)22-14-10-15-27-22/h10,14-19,27H,4-9,11-13H2,1-3H3/b24-17+. The van der Waals surface area contributed by atoms with Crippen LogP contribution in [0.1, 0.15) is 86.9 Å². The molecule has 0 saturated heterocycles. The molecule has 1 unspecified atom stereocenters. The van der Waals surface area contributed by atoms with E-state index >= 15 is 0 Å². The van der Waals surface area contributed by atoms with Gasteiger partial charge in [-0.05, 0) is 61.4 Å². The molecule has 2 aromatic heterocycles. The number of aromatic nitrogens is 2. The molecule has 0 fully saturated rings. The second-order valence-electron chi connectivity index (χ2n) is 8.65. The van der Waals surface area contributed by atoms with Crippen molar-refractivity contribution in [3.63, 3.8) is 0 Å². The van der Waals surface area contributed by atoms with Crippen molar-refractivity contribution in [1.29, 1.82) is 0 Å². The summed E-state index contributed by atoms with van der Waals surface area (Å²) < 4.78 is 8.10. The fourth-order valence-electron chi connectivity index (χ4n) is 4.84. The molecule has 160 valence electrons. The van der Waals surface area contributed by atoms with Crippen molar-refractivity contribution in [3.8, 4) is 0 Å². The predicted molar refractivity (Wildman–Crippen MR) is 125 cm³/mol. The minimum atomic E-state index is 0.637. The van der Waals surface area contributed by atoms with Gasteiger partial charge in [-0.2, -0.15) is 0 Å². The van der Waals surface area contributed by atoms with Gasteiger partial charge in [0.1, 0.15) is 11.5 Å². The summed E-state index contributed by atoms with van der Waals surface area (Å²) >= 11 is 0. The van der Waals surface area contributed by atoms with Crippen molar-refractivity contribution in [3.05, 3.63) is 64.6 Å². The van der Waals surface area contributed by atoms with Crippen LogP contribution in [0.5, 0.6) is 0 Å². The van der Waals surface area contributed by atoms with Crippen LogP contribution >= 0.6 is 0 Å². The number of rotatable bonds is 6. The van der Waals surface area contributed by atoms with Crippen LogP contribution in [0.15, 0.2) is 46.9 Å². The number of unbranched alkanes of at least 4 members (excludes halogenated alkanes) is 1. The monoisotopic (exact) mass is 405 g/mol. The van der Waals surface area contributed by atoms with E-state index in [2.05, 4.69) is 35.7 Å². The van der Waals surface area contributed by atoms with Crippen LogP contribution in [-0.2, 0) is 18.2 Å². The third-order valence-corrected chi connectivity index (χ3v) is 6.62. The lowest BCUT2D eigenvalue weighted by atomic mass is 9.87. The average Bonchev–Trinajstić information content (AvgIpc) is 3.48. The maximum absolute atomic E-state index is 5.70. The smallest absolute Gasteiger partial charge is 0.146 e. The topological polar surface area (TPSA) is 42.3 Å². The highest BCUT2D eigenvalue weighted by Crippen LogP contribution is 2.36. The molecule has 0 radical (unpaired) electrons. The maximum Gasteiger partial charge on any atom is 0.146 e. The molecule has 1 N–H and O–H groups in total. The number of nitrogens with one attached hydrogen (secondary N) is 1. The number of aliphatic imine (C=N–C) groups is 1. The quantitative estimate of drug-likeness (QED) is 0.585. The van der Waals surface area contributed by atoms with E-state index in [0.29, 0.717) is 5.92 Å². The number of methoxy groups -OCH3 is 1. The molecule has 4 nitrogen and oxygen atoms in total. The Bertz CT molecular complexity index is 943. The molecular weight excluding hydrogens is 370 g/mol. The highest BCUT2D eigenvalue weighted by Gasteiger charge is 2.23. The molecule has 2 aliphatic rings. The summed E-state index contributed by atoms with van der Waals surface area (Å²) in [7, 11) is 3.96. The fourth-order valence-corrected chi connectivity index (χ4v) is 4.84. The first-order valence-electron chi connectivity index (χ1n) is 11.6. The molecule has 0 saturated carbocycles. The van der Waals surface area contributed by atoms with Gasteiger partial charge in [0.2, 0.25) is 0 Å². The van der Waals surface area contributed by atoms with Crippen LogP contribution < -0.4 is 0 Å². The van der Waals surface area contributed by atoms with E-state index in [1.165, 1.54) is 68.3 Å². The zero-order valence-electron chi connectivity index (χ0n) is 18.7. The van der Waals surface area contributed by atoms with Gasteiger partial charge in [0.15, 0.2) is 0 Å². The van der Waals surface area contributed by atoms with Gasteiger partial charge < -0.3 is 14.3 Å². The molecule has 0 aromatic carbocycles. The number of nitrogens with zero attached hydrogens (tertiary/aromatic N) is 2. The van der Waals surface area contributed by atoms with Gasteiger partial charge in [0.25, 0.3) is 0 Å². The molecule has 1 aliphatic heterocycles. The molecule has 0 spiro atoms. The van der Waals surface area contributed by atoms with Gasteiger partial charge >= 0.3 is 0 Å². The number of ether oxygens (including phenoxy) is 1. The van der Waals surface area contributed by atoms with Crippen molar-refractivity contribution in [2.24, 2.45) is 12.0 Å². The molecule has 2 aromatic rings. The molecule has 30 heavy (non-hydrogen) atoms. The Morgan fingerprint density at radius 2 is 2.13 bits per heavy atom. The normalized spacial score (nSPS) is 20.9. The average molecular weight is 406 g/mol. The third-order valence-electron chi connectivity index (χ3n) is 6.62. The van der Waals surface area contributed by atoms with Crippen LogP contribution in [-0.4, -0.2) is 22.4 Å². The summed E-state index contributed by atoms with van der Waals surface area (Å²) in [5.74, 6) is 1.47. The molecule has 2 bridgehead atoms. The van der Waals surface area contributed by atoms with E-state index in [9.17, 15) is 0 Å². The minimum Gasteiger partial charge on any atom is -0.494 e. The van der Waals surface area contributed by atoms with Gasteiger partial charge in [0, 0.05) is 30.7 Å². The summed E-state index contributed by atoms with van der Waals surface area (Å²) in [5.41, 5.74) is 7.14. The van der Waals surface area contributed by atoms with Crippen LogP contribution in [0.25, 0.3) is 6.08 Å². The summed E-state index contributed by atoms with van der Waals surface area (Å²) in [6.07, 6.45) is 17.8. The van der Waals surface area contributed by atoms with Gasteiger partial charge in [-0.3, -0.25) is 0 Å². The summed E-state index contributed by atoms with van der Waals surface area (Å²) in [6, 6.07) is 6.54. The zero-order valence-corrected chi connectivity index (χ0v) is 18.7. The van der Waals surface area contributed by atoms with Crippen molar-refractivity contribution < 1.29 is 4.74 Å². The van der Waals surface area contributed by atoms with Crippen LogP contribution in [0.4, 0.5) is 0 Å². The van der Waals surface area contributed by atoms with Gasteiger partial charge in [0.05, 0.1) is 18.5 Å². The Morgan fingerprint density at radius 3 is 2.90 bits per heavy atom. The Kier molecular flexibility index (Phi) is 6.61. The lowest BCUT2D eigenvalue weighted by Crippen LogP contribution is -2.03. The maximum atomic E-state index is 5.70. The number of hydrogen-bond acceptors (Lipinski definition) is 2. The summed E-state index contributed by atoms with van der Waals surface area (Å²) in [5, 5.41) is 0. The minimum absolute atomic E-state index is 0.637. The van der Waals surface area contributed by atoms with Crippen LogP contribution in [0, 0.1) is 0 Å². The van der Waals surface area contributed by atoms with E-state index < -0.39 is 0 Å². The van der Waals surface area contributed by atoms with Crippen molar-refractivity contribution >= 4 is 11.8 Å².